The number of methoxy groups -OCH3 is 1. The molecule has 0 bridgehead atoms. The van der Waals surface area contributed by atoms with Crippen LogP contribution in [-0.4, -0.2) is 19.4 Å². The number of urea groups is 1. The Labute approximate surface area is 137 Å². The van der Waals surface area contributed by atoms with Crippen LogP contribution in [0.3, 0.4) is 0 Å². The van der Waals surface area contributed by atoms with Gasteiger partial charge in [-0.15, -0.1) is 0 Å². The summed E-state index contributed by atoms with van der Waals surface area (Å²) in [4.78, 5) is 11.6. The SMILES string of the molecule is COc1ccc(NC(=O)N/N=C/c2cc(Br)c(Br)o2)cc1. The number of carbonyl (C=O) groups excluding carboxylic acids is 1. The molecule has 2 N–H and O–H groups in total. The topological polar surface area (TPSA) is 75.9 Å². The van der Waals surface area contributed by atoms with E-state index in [1.165, 1.54) is 6.21 Å². The molecule has 0 aliphatic carbocycles. The highest BCUT2D eigenvalue weighted by atomic mass is 79.9. The average Bonchev–Trinajstić information content (AvgIpc) is 2.78. The summed E-state index contributed by atoms with van der Waals surface area (Å²) in [6.07, 6.45) is 1.39. The van der Waals surface area contributed by atoms with Crippen molar-refractivity contribution in [2.75, 3.05) is 12.4 Å². The molecule has 2 aromatic rings. The quantitative estimate of drug-likeness (QED) is 0.584. The lowest BCUT2D eigenvalue weighted by atomic mass is 10.3. The molecule has 110 valence electrons. The van der Waals surface area contributed by atoms with E-state index in [4.69, 9.17) is 9.15 Å². The van der Waals surface area contributed by atoms with Gasteiger partial charge in [0.05, 0.1) is 17.8 Å². The fourth-order valence-corrected chi connectivity index (χ4v) is 2.02. The number of anilines is 1. The zero-order valence-electron chi connectivity index (χ0n) is 10.9. The molecular weight excluding hydrogens is 406 g/mol. The summed E-state index contributed by atoms with van der Waals surface area (Å²) in [6.45, 7) is 0. The number of hydrogen-bond donors (Lipinski definition) is 2. The number of nitrogens with one attached hydrogen (secondary N) is 2. The van der Waals surface area contributed by atoms with Crippen LogP contribution in [0.1, 0.15) is 5.76 Å². The smallest absolute Gasteiger partial charge is 0.339 e. The molecule has 21 heavy (non-hydrogen) atoms. The Morgan fingerprint density at radius 2 is 2.05 bits per heavy atom. The minimum Gasteiger partial charge on any atom is -0.497 e. The Morgan fingerprint density at radius 3 is 2.62 bits per heavy atom. The van der Waals surface area contributed by atoms with Gasteiger partial charge in [0.2, 0.25) is 0 Å². The van der Waals surface area contributed by atoms with Gasteiger partial charge in [-0.05, 0) is 56.1 Å². The van der Waals surface area contributed by atoms with Crippen molar-refractivity contribution in [1.29, 1.82) is 0 Å². The highest BCUT2D eigenvalue weighted by Crippen LogP contribution is 2.25. The predicted octanol–water partition coefficient (Wildman–Crippen LogP) is 3.97. The second kappa shape index (κ2) is 7.28. The third-order valence-electron chi connectivity index (χ3n) is 2.37. The molecule has 1 aromatic heterocycles. The minimum atomic E-state index is -0.457. The summed E-state index contributed by atoms with van der Waals surface area (Å²) in [5, 5.41) is 6.41. The third kappa shape index (κ3) is 4.61. The molecule has 0 saturated carbocycles. The van der Waals surface area contributed by atoms with Gasteiger partial charge in [0.15, 0.2) is 4.67 Å². The molecule has 0 atom stereocenters. The van der Waals surface area contributed by atoms with Gasteiger partial charge in [-0.3, -0.25) is 0 Å². The van der Waals surface area contributed by atoms with Gasteiger partial charge in [0.25, 0.3) is 0 Å². The van der Waals surface area contributed by atoms with E-state index < -0.39 is 6.03 Å². The fraction of sp³-hybridized carbons (Fsp3) is 0.0769. The van der Waals surface area contributed by atoms with Gasteiger partial charge in [-0.2, -0.15) is 5.10 Å². The Kier molecular flexibility index (Phi) is 5.40. The number of carbonyl (C=O) groups is 1. The number of furan rings is 1. The van der Waals surface area contributed by atoms with Gasteiger partial charge in [0, 0.05) is 11.8 Å². The van der Waals surface area contributed by atoms with E-state index >= 15 is 0 Å². The lowest BCUT2D eigenvalue weighted by Crippen LogP contribution is -2.24. The van der Waals surface area contributed by atoms with Crippen molar-refractivity contribution in [1.82, 2.24) is 5.43 Å². The van der Waals surface area contributed by atoms with Crippen LogP contribution in [0.5, 0.6) is 5.75 Å². The third-order valence-corrected chi connectivity index (χ3v) is 4.08. The number of halogens is 2. The highest BCUT2D eigenvalue weighted by Gasteiger charge is 2.04. The Bertz CT molecular complexity index is 634. The summed E-state index contributed by atoms with van der Waals surface area (Å²) in [6, 6.07) is 8.21. The molecular formula is C13H11Br2N3O3. The molecule has 2 rings (SSSR count). The summed E-state index contributed by atoms with van der Waals surface area (Å²) in [5.74, 6) is 1.21. The molecule has 6 nitrogen and oxygen atoms in total. The Balaban J connectivity index is 1.86. The second-order valence-electron chi connectivity index (χ2n) is 3.82. The van der Waals surface area contributed by atoms with E-state index in [0.29, 0.717) is 21.9 Å². The van der Waals surface area contributed by atoms with E-state index in [-0.39, 0.29) is 0 Å². The normalized spacial score (nSPS) is 10.6. The standard InChI is InChI=1S/C13H11Br2N3O3/c1-20-9-4-2-8(3-5-9)17-13(19)18-16-7-10-6-11(14)12(15)21-10/h2-7H,1H3,(H2,17,18,19)/b16-7+. The van der Waals surface area contributed by atoms with E-state index in [1.54, 1.807) is 37.4 Å². The van der Waals surface area contributed by atoms with E-state index in [9.17, 15) is 4.79 Å². The fourth-order valence-electron chi connectivity index (χ4n) is 1.41. The largest absolute Gasteiger partial charge is 0.497 e. The zero-order chi connectivity index (χ0) is 15.2. The van der Waals surface area contributed by atoms with E-state index in [0.717, 1.165) is 4.47 Å². The van der Waals surface area contributed by atoms with Gasteiger partial charge in [-0.1, -0.05) is 0 Å². The van der Waals surface area contributed by atoms with Crippen molar-refractivity contribution in [3.63, 3.8) is 0 Å². The molecule has 2 amide bonds. The van der Waals surface area contributed by atoms with Crippen LogP contribution in [0.4, 0.5) is 10.5 Å². The number of rotatable bonds is 4. The molecule has 0 aliphatic rings. The van der Waals surface area contributed by atoms with Crippen LogP contribution >= 0.6 is 31.9 Å². The van der Waals surface area contributed by atoms with Crippen LogP contribution in [0.15, 0.2) is 49.0 Å². The number of benzene rings is 1. The first-order valence-corrected chi connectivity index (χ1v) is 7.36. The molecule has 1 aromatic carbocycles. The van der Waals surface area contributed by atoms with Crippen LogP contribution in [0, 0.1) is 0 Å². The van der Waals surface area contributed by atoms with Gasteiger partial charge in [-0.25, -0.2) is 10.2 Å². The van der Waals surface area contributed by atoms with Crippen molar-refractivity contribution >= 4 is 49.8 Å². The van der Waals surface area contributed by atoms with Crippen molar-refractivity contribution in [3.8, 4) is 5.75 Å². The van der Waals surface area contributed by atoms with Crippen molar-refractivity contribution < 1.29 is 13.9 Å². The van der Waals surface area contributed by atoms with Crippen molar-refractivity contribution in [2.45, 2.75) is 0 Å². The summed E-state index contributed by atoms with van der Waals surface area (Å²) in [7, 11) is 1.58. The number of hydrazone groups is 1. The molecule has 0 saturated heterocycles. The monoisotopic (exact) mass is 415 g/mol. The van der Waals surface area contributed by atoms with Gasteiger partial charge >= 0.3 is 6.03 Å². The predicted molar refractivity (Wildman–Crippen MR) is 86.9 cm³/mol. The highest BCUT2D eigenvalue weighted by molar-refractivity contribution is 9.13. The Hall–Kier alpha value is -1.80. The first-order valence-electron chi connectivity index (χ1n) is 5.77. The Morgan fingerprint density at radius 1 is 1.33 bits per heavy atom. The van der Waals surface area contributed by atoms with Crippen LogP contribution in [0.2, 0.25) is 0 Å². The lowest BCUT2D eigenvalue weighted by Gasteiger charge is -2.04. The molecule has 1 heterocycles. The average molecular weight is 417 g/mol. The first kappa shape index (κ1) is 15.6. The first-order chi connectivity index (χ1) is 10.1. The molecule has 8 heteroatoms. The van der Waals surface area contributed by atoms with Gasteiger partial charge in [0.1, 0.15) is 11.5 Å². The van der Waals surface area contributed by atoms with Crippen molar-refractivity contribution in [2.24, 2.45) is 5.10 Å². The second-order valence-corrected chi connectivity index (χ2v) is 5.40. The number of ether oxygens (including phenoxy) is 1. The number of hydrogen-bond acceptors (Lipinski definition) is 4. The van der Waals surface area contributed by atoms with Crippen LogP contribution in [0.25, 0.3) is 0 Å². The number of amides is 2. The summed E-state index contributed by atoms with van der Waals surface area (Å²) in [5.41, 5.74) is 2.97. The number of nitrogens with zero attached hydrogens (tertiary/aromatic N) is 1. The van der Waals surface area contributed by atoms with E-state index in [1.807, 2.05) is 0 Å². The van der Waals surface area contributed by atoms with Gasteiger partial charge < -0.3 is 14.5 Å². The van der Waals surface area contributed by atoms with E-state index in [2.05, 4.69) is 47.7 Å². The summed E-state index contributed by atoms with van der Waals surface area (Å²) < 4.78 is 11.6. The maximum absolute atomic E-state index is 11.6. The molecule has 0 spiro atoms. The lowest BCUT2D eigenvalue weighted by molar-refractivity contribution is 0.252. The molecule has 0 fully saturated rings. The summed E-state index contributed by atoms with van der Waals surface area (Å²) >= 11 is 6.49. The van der Waals surface area contributed by atoms with Crippen LogP contribution < -0.4 is 15.5 Å². The van der Waals surface area contributed by atoms with Crippen LogP contribution in [-0.2, 0) is 0 Å². The maximum Gasteiger partial charge on any atom is 0.339 e. The molecule has 0 aliphatic heterocycles. The maximum atomic E-state index is 11.6. The molecule has 0 unspecified atom stereocenters. The minimum absolute atomic E-state index is 0.457. The molecule has 0 radical (unpaired) electrons. The van der Waals surface area contributed by atoms with Crippen molar-refractivity contribution in [3.05, 3.63) is 45.2 Å². The zero-order valence-corrected chi connectivity index (χ0v) is 14.1.